The summed E-state index contributed by atoms with van der Waals surface area (Å²) in [5.74, 6) is 0.651. The lowest BCUT2D eigenvalue weighted by Crippen LogP contribution is -2.15. The van der Waals surface area contributed by atoms with Gasteiger partial charge in [0.1, 0.15) is 5.58 Å². The van der Waals surface area contributed by atoms with Gasteiger partial charge in [-0.3, -0.25) is 10.1 Å². The third-order valence-corrected chi connectivity index (χ3v) is 6.63. The van der Waals surface area contributed by atoms with Crippen LogP contribution < -0.4 is 16.7 Å². The van der Waals surface area contributed by atoms with E-state index in [2.05, 4.69) is 15.5 Å². The van der Waals surface area contributed by atoms with Crippen LogP contribution in [0.5, 0.6) is 0 Å². The Morgan fingerprint density at radius 1 is 1.26 bits per heavy atom. The number of fused-ring (bicyclic) bond motifs is 1. The number of nitrogens with one attached hydrogen (secondary N) is 1. The molecule has 0 saturated heterocycles. The van der Waals surface area contributed by atoms with Crippen LogP contribution in [-0.2, 0) is 21.8 Å². The largest absolute Gasteiger partial charge is 0.450 e. The average molecular weight is 500 g/mol. The maximum absolute atomic E-state index is 12.2. The van der Waals surface area contributed by atoms with E-state index in [1.54, 1.807) is 25.1 Å². The highest BCUT2D eigenvalue weighted by molar-refractivity contribution is 7.98. The number of amides is 2. The number of nitrogens with zero attached hydrogens (tertiary/aromatic N) is 3. The zero-order valence-corrected chi connectivity index (χ0v) is 19.8. The Kier molecular flexibility index (Phi) is 7.28. The van der Waals surface area contributed by atoms with Crippen LogP contribution in [0.3, 0.4) is 0 Å². The molecule has 1 aromatic carbocycles. The Morgan fingerprint density at radius 2 is 2.12 bits per heavy atom. The summed E-state index contributed by atoms with van der Waals surface area (Å²) in [5.41, 5.74) is 6.37. The van der Waals surface area contributed by atoms with Crippen LogP contribution in [0, 0.1) is 0 Å². The Morgan fingerprint density at radius 3 is 2.85 bits per heavy atom. The fourth-order valence-electron chi connectivity index (χ4n) is 3.26. The second-order valence-corrected chi connectivity index (χ2v) is 8.98. The van der Waals surface area contributed by atoms with Gasteiger partial charge in [0.15, 0.2) is 11.0 Å². The molecular formula is C22H21N5O5S2. The van der Waals surface area contributed by atoms with Gasteiger partial charge in [-0.15, -0.1) is 21.5 Å². The molecule has 2 amide bonds. The molecule has 176 valence electrons. The number of nitrogens with two attached hydrogens (primary N) is 1. The summed E-state index contributed by atoms with van der Waals surface area (Å²) in [4.78, 5) is 36.2. The van der Waals surface area contributed by atoms with Gasteiger partial charge >= 0.3 is 11.7 Å². The number of hydrogen-bond donors (Lipinski definition) is 2. The first-order valence-corrected chi connectivity index (χ1v) is 12.2. The Bertz CT molecular complexity index is 1380. The van der Waals surface area contributed by atoms with Gasteiger partial charge in [-0.05, 0) is 36.1 Å². The van der Waals surface area contributed by atoms with Crippen molar-refractivity contribution in [2.24, 2.45) is 5.73 Å². The third kappa shape index (κ3) is 5.46. The molecule has 3 N–H and O–H groups in total. The number of carbonyl (C=O) groups is 2. The lowest BCUT2D eigenvalue weighted by Gasteiger charge is -2.10. The number of ether oxygens (including phenoxy) is 1. The maximum atomic E-state index is 12.2. The number of anilines is 1. The fourth-order valence-corrected chi connectivity index (χ4v) is 4.93. The summed E-state index contributed by atoms with van der Waals surface area (Å²) in [5, 5.41) is 14.5. The minimum Gasteiger partial charge on any atom is -0.450 e. The van der Waals surface area contributed by atoms with E-state index >= 15 is 0 Å². The molecule has 0 saturated carbocycles. The number of carbonyl (C=O) groups excluding carboxylic acids is 2. The summed E-state index contributed by atoms with van der Waals surface area (Å²) in [6.07, 6.45) is -0.439. The minimum absolute atomic E-state index is 0.151. The molecule has 34 heavy (non-hydrogen) atoms. The number of rotatable bonds is 9. The molecule has 10 nitrogen and oxygen atoms in total. The van der Waals surface area contributed by atoms with E-state index in [1.165, 1.54) is 29.2 Å². The van der Waals surface area contributed by atoms with Gasteiger partial charge in [-0.2, -0.15) is 0 Å². The van der Waals surface area contributed by atoms with Gasteiger partial charge in [0.25, 0.3) is 0 Å². The molecule has 0 aliphatic heterocycles. The molecule has 0 atom stereocenters. The number of benzene rings is 1. The molecule has 0 aliphatic rings. The summed E-state index contributed by atoms with van der Waals surface area (Å²) < 4.78 is 12.1. The maximum Gasteiger partial charge on any atom is 0.411 e. The number of aromatic nitrogens is 3. The summed E-state index contributed by atoms with van der Waals surface area (Å²) in [6.45, 7) is 2.30. The van der Waals surface area contributed by atoms with Crippen molar-refractivity contribution in [3.63, 3.8) is 0 Å². The molecule has 0 unspecified atom stereocenters. The predicted octanol–water partition coefficient (Wildman–Crippen LogP) is 3.85. The van der Waals surface area contributed by atoms with E-state index in [-0.39, 0.29) is 13.0 Å². The highest BCUT2D eigenvalue weighted by atomic mass is 32.2. The third-order valence-electron chi connectivity index (χ3n) is 4.75. The lowest BCUT2D eigenvalue weighted by molar-refractivity contribution is -0.118. The first-order chi connectivity index (χ1) is 16.4. The molecule has 0 radical (unpaired) electrons. The van der Waals surface area contributed by atoms with Gasteiger partial charge in [0.2, 0.25) is 5.91 Å². The number of hydrogen-bond acceptors (Lipinski definition) is 9. The zero-order valence-electron chi connectivity index (χ0n) is 18.1. The monoisotopic (exact) mass is 499 g/mol. The van der Waals surface area contributed by atoms with Gasteiger partial charge in [-0.1, -0.05) is 17.8 Å². The summed E-state index contributed by atoms with van der Waals surface area (Å²) >= 11 is 2.91. The molecule has 0 spiro atoms. The standard InChI is InChI=1S/C22H21N5O5S2/c1-2-31-22(30)24-14-5-6-15-13(10-19(29)32-16(15)11-14)12-34-21-26-25-20(17-4-3-9-33-17)27(21)8-7-18(23)28/h3-6,9-11H,2,7-8,12H2,1H3,(H2,23,28)(H,24,30). The SMILES string of the molecule is CCOC(=O)Nc1ccc2c(CSc3nnc(-c4cccs4)n3CCC(N)=O)cc(=O)oc2c1. The van der Waals surface area contributed by atoms with Gasteiger partial charge in [0.05, 0.1) is 11.5 Å². The Hall–Kier alpha value is -3.64. The normalized spacial score (nSPS) is 11.0. The van der Waals surface area contributed by atoms with Crippen molar-refractivity contribution in [2.45, 2.75) is 30.8 Å². The van der Waals surface area contributed by atoms with E-state index in [4.69, 9.17) is 14.9 Å². The Balaban J connectivity index is 1.60. The van der Waals surface area contributed by atoms with E-state index in [9.17, 15) is 14.4 Å². The molecule has 3 heterocycles. The second kappa shape index (κ2) is 10.5. The van der Waals surface area contributed by atoms with E-state index in [0.29, 0.717) is 34.5 Å². The van der Waals surface area contributed by atoms with Crippen molar-refractivity contribution in [1.29, 1.82) is 0 Å². The fraction of sp³-hybridized carbons (Fsp3) is 0.227. The highest BCUT2D eigenvalue weighted by Crippen LogP contribution is 2.31. The Labute approximate surface area is 202 Å². The number of primary amides is 1. The minimum atomic E-state index is -0.590. The molecule has 4 rings (SSSR count). The topological polar surface area (TPSA) is 142 Å². The molecule has 4 aromatic rings. The average Bonchev–Trinajstić information content (AvgIpc) is 3.45. The van der Waals surface area contributed by atoms with Crippen LogP contribution in [0.2, 0.25) is 0 Å². The van der Waals surface area contributed by atoms with Crippen molar-refractivity contribution in [3.8, 4) is 10.7 Å². The van der Waals surface area contributed by atoms with Crippen molar-refractivity contribution < 1.29 is 18.7 Å². The van der Waals surface area contributed by atoms with Gasteiger partial charge < -0.3 is 19.5 Å². The van der Waals surface area contributed by atoms with E-state index in [0.717, 1.165) is 15.8 Å². The van der Waals surface area contributed by atoms with Crippen LogP contribution in [0.25, 0.3) is 21.7 Å². The van der Waals surface area contributed by atoms with Crippen LogP contribution in [0.15, 0.2) is 56.1 Å². The summed E-state index contributed by atoms with van der Waals surface area (Å²) in [7, 11) is 0. The zero-order chi connectivity index (χ0) is 24.1. The van der Waals surface area contributed by atoms with E-state index < -0.39 is 17.6 Å². The van der Waals surface area contributed by atoms with Crippen molar-refractivity contribution in [2.75, 3.05) is 11.9 Å². The first kappa shape index (κ1) is 23.5. The predicted molar refractivity (Wildman–Crippen MR) is 130 cm³/mol. The smallest absolute Gasteiger partial charge is 0.411 e. The van der Waals surface area contributed by atoms with Crippen molar-refractivity contribution in [1.82, 2.24) is 14.8 Å². The van der Waals surface area contributed by atoms with Gasteiger partial charge in [-0.25, -0.2) is 9.59 Å². The molecule has 3 aromatic heterocycles. The molecular weight excluding hydrogens is 478 g/mol. The van der Waals surface area contributed by atoms with E-state index in [1.807, 2.05) is 22.1 Å². The second-order valence-electron chi connectivity index (χ2n) is 7.09. The van der Waals surface area contributed by atoms with Crippen LogP contribution >= 0.6 is 23.1 Å². The number of thioether (sulfide) groups is 1. The quantitative estimate of drug-likeness (QED) is 0.261. The van der Waals surface area contributed by atoms with Gasteiger partial charge in [0, 0.05) is 41.9 Å². The lowest BCUT2D eigenvalue weighted by atomic mass is 10.1. The van der Waals surface area contributed by atoms with Crippen molar-refractivity contribution in [3.05, 3.63) is 57.8 Å². The first-order valence-electron chi connectivity index (χ1n) is 10.3. The molecule has 0 bridgehead atoms. The molecule has 12 heteroatoms. The van der Waals surface area contributed by atoms with Crippen LogP contribution in [0.4, 0.5) is 10.5 Å². The molecule has 0 aliphatic carbocycles. The molecule has 0 fully saturated rings. The highest BCUT2D eigenvalue weighted by Gasteiger charge is 2.17. The summed E-state index contributed by atoms with van der Waals surface area (Å²) in [6, 6.07) is 10.3. The number of thiophene rings is 1. The van der Waals surface area contributed by atoms with Crippen LogP contribution in [0.1, 0.15) is 18.9 Å². The van der Waals surface area contributed by atoms with Crippen LogP contribution in [-0.4, -0.2) is 33.4 Å². The van der Waals surface area contributed by atoms with Crippen molar-refractivity contribution >= 4 is 51.8 Å².